The summed E-state index contributed by atoms with van der Waals surface area (Å²) in [6, 6.07) is 19.3. The number of ketones is 1. The zero-order chi connectivity index (χ0) is 20.5. The number of methoxy groups -OCH3 is 2. The number of ether oxygens (including phenoxy) is 2. The molecule has 3 aromatic rings. The molecule has 0 fully saturated rings. The van der Waals surface area contributed by atoms with Gasteiger partial charge in [0.05, 0.1) is 14.2 Å². The number of anilines is 1. The predicted octanol–water partition coefficient (Wildman–Crippen LogP) is 0.674. The second kappa shape index (κ2) is 8.87. The van der Waals surface area contributed by atoms with Gasteiger partial charge in [0.2, 0.25) is 5.70 Å². The smallest absolute Gasteiger partial charge is 0.264 e. The van der Waals surface area contributed by atoms with Crippen LogP contribution in [0.2, 0.25) is 0 Å². The van der Waals surface area contributed by atoms with Crippen molar-refractivity contribution in [3.8, 4) is 11.5 Å². The summed E-state index contributed by atoms with van der Waals surface area (Å²) in [4.78, 5) is 15.5. The van der Waals surface area contributed by atoms with E-state index in [0.717, 1.165) is 34.0 Å². The van der Waals surface area contributed by atoms with Gasteiger partial charge in [-0.1, -0.05) is 12.1 Å². The first kappa shape index (κ1) is 21.8. The number of fused-ring (bicyclic) bond motifs is 1. The lowest BCUT2D eigenvalue weighted by atomic mass is 9.97. The van der Waals surface area contributed by atoms with E-state index >= 15 is 0 Å². The van der Waals surface area contributed by atoms with E-state index in [4.69, 9.17) is 9.47 Å². The molecule has 0 amide bonds. The molecule has 0 N–H and O–H groups in total. The van der Waals surface area contributed by atoms with Gasteiger partial charge in [0.1, 0.15) is 17.1 Å². The molecule has 1 aliphatic rings. The Morgan fingerprint density at radius 3 is 1.83 bits per heavy atom. The molecule has 154 valence electrons. The van der Waals surface area contributed by atoms with Crippen molar-refractivity contribution in [1.29, 1.82) is 0 Å². The average molecular weight is 514 g/mol. The number of nitrogens with zero attached hydrogens (tertiary/aromatic N) is 2. The van der Waals surface area contributed by atoms with Gasteiger partial charge in [0.25, 0.3) is 11.5 Å². The highest BCUT2D eigenvalue weighted by Crippen LogP contribution is 2.34. The Hall–Kier alpha value is -2.87. The van der Waals surface area contributed by atoms with Crippen LogP contribution in [0.15, 0.2) is 66.9 Å². The molecule has 4 rings (SSSR count). The summed E-state index contributed by atoms with van der Waals surface area (Å²) >= 11 is 0. The second-order valence-electron chi connectivity index (χ2n) is 7.04. The average Bonchev–Trinajstić information content (AvgIpc) is 3.05. The number of rotatable bonds is 5. The zero-order valence-corrected chi connectivity index (χ0v) is 19.5. The molecule has 30 heavy (non-hydrogen) atoms. The van der Waals surface area contributed by atoms with Crippen molar-refractivity contribution in [2.24, 2.45) is 0 Å². The fraction of sp³-hybridized carbons (Fsp3) is 0.167. The van der Waals surface area contributed by atoms with Crippen LogP contribution in [0.3, 0.4) is 0 Å². The van der Waals surface area contributed by atoms with E-state index in [0.29, 0.717) is 11.3 Å². The maximum Gasteiger partial charge on any atom is 0.264 e. The number of carbonyl (C=O) groups is 1. The first-order chi connectivity index (χ1) is 14.0. The Morgan fingerprint density at radius 1 is 0.800 bits per heavy atom. The van der Waals surface area contributed by atoms with Gasteiger partial charge in [-0.15, -0.1) is 0 Å². The van der Waals surface area contributed by atoms with Gasteiger partial charge in [-0.3, -0.25) is 4.79 Å². The summed E-state index contributed by atoms with van der Waals surface area (Å²) in [5.41, 5.74) is 4.97. The van der Waals surface area contributed by atoms with Gasteiger partial charge < -0.3 is 38.4 Å². The van der Waals surface area contributed by atoms with E-state index in [9.17, 15) is 4.79 Å². The van der Waals surface area contributed by atoms with Crippen LogP contribution < -0.4 is 42.9 Å². The molecule has 0 radical (unpaired) electrons. The SMILES string of the molecule is COc1ccc(C2=C(c3ccc(OC)cc3)[n+]3ccc(N(C)C)cc3C2=O)cc1.[I-]. The highest BCUT2D eigenvalue weighted by atomic mass is 127. The van der Waals surface area contributed by atoms with Gasteiger partial charge in [-0.2, -0.15) is 4.57 Å². The normalized spacial score (nSPS) is 12.3. The molecule has 0 saturated carbocycles. The quantitative estimate of drug-likeness (QED) is 0.371. The van der Waals surface area contributed by atoms with E-state index in [1.165, 1.54) is 0 Å². The summed E-state index contributed by atoms with van der Waals surface area (Å²) in [7, 11) is 7.21. The molecule has 0 unspecified atom stereocenters. The number of hydrogen-bond donors (Lipinski definition) is 0. The van der Waals surface area contributed by atoms with Crippen molar-refractivity contribution >= 4 is 22.7 Å². The third-order valence-electron chi connectivity index (χ3n) is 5.13. The lowest BCUT2D eigenvalue weighted by molar-refractivity contribution is -0.577. The van der Waals surface area contributed by atoms with Gasteiger partial charge in [0, 0.05) is 37.5 Å². The van der Waals surface area contributed by atoms with Crippen LogP contribution >= 0.6 is 0 Å². The first-order valence-electron chi connectivity index (χ1n) is 9.34. The fourth-order valence-electron chi connectivity index (χ4n) is 3.55. The molecule has 0 atom stereocenters. The standard InChI is InChI=1S/C24H23N2O3.HI/c1-25(2)18-13-14-26-21(15-18)24(27)22(16-5-9-19(28-3)10-6-16)23(26)17-7-11-20(29-4)12-8-17;/h5-15H,1-4H3;1H/q+1;/p-1. The van der Waals surface area contributed by atoms with Crippen molar-refractivity contribution in [2.75, 3.05) is 33.2 Å². The van der Waals surface area contributed by atoms with E-state index in [2.05, 4.69) is 0 Å². The Labute approximate surface area is 193 Å². The molecule has 0 saturated heterocycles. The van der Waals surface area contributed by atoms with Crippen molar-refractivity contribution in [1.82, 2.24) is 0 Å². The second-order valence-corrected chi connectivity index (χ2v) is 7.04. The summed E-state index contributed by atoms with van der Waals surface area (Å²) < 4.78 is 12.5. The fourth-order valence-corrected chi connectivity index (χ4v) is 3.55. The number of aromatic nitrogens is 1. The van der Waals surface area contributed by atoms with E-state index < -0.39 is 0 Å². The number of allylic oxidation sites excluding steroid dienone is 1. The topological polar surface area (TPSA) is 42.6 Å². The molecule has 6 heteroatoms. The molecular weight excluding hydrogens is 491 g/mol. The Balaban J connectivity index is 0.00000256. The van der Waals surface area contributed by atoms with E-state index in [1.807, 2.05) is 90.4 Å². The molecule has 1 aromatic heterocycles. The lowest BCUT2D eigenvalue weighted by Crippen LogP contribution is -3.00. The van der Waals surface area contributed by atoms with Gasteiger partial charge in [0.15, 0.2) is 6.20 Å². The molecule has 0 aliphatic carbocycles. The van der Waals surface area contributed by atoms with Gasteiger partial charge in [-0.05, 0) is 42.0 Å². The lowest BCUT2D eigenvalue weighted by Gasteiger charge is -2.11. The van der Waals surface area contributed by atoms with Crippen molar-refractivity contribution in [2.45, 2.75) is 0 Å². The summed E-state index contributed by atoms with van der Waals surface area (Å²) in [6.45, 7) is 0. The third kappa shape index (κ3) is 3.79. The van der Waals surface area contributed by atoms with Crippen LogP contribution in [0.5, 0.6) is 11.5 Å². The Kier molecular flexibility index (Phi) is 6.45. The zero-order valence-electron chi connectivity index (χ0n) is 17.3. The maximum absolute atomic E-state index is 13.5. The number of pyridine rings is 1. The Morgan fingerprint density at radius 2 is 1.33 bits per heavy atom. The van der Waals surface area contributed by atoms with Crippen LogP contribution in [0.4, 0.5) is 5.69 Å². The minimum Gasteiger partial charge on any atom is -1.00 e. The monoisotopic (exact) mass is 514 g/mol. The summed E-state index contributed by atoms with van der Waals surface area (Å²) in [5.74, 6) is 1.54. The number of carbonyl (C=O) groups excluding carboxylic acids is 1. The van der Waals surface area contributed by atoms with Crippen LogP contribution in [-0.2, 0) is 0 Å². The molecule has 0 spiro atoms. The summed E-state index contributed by atoms with van der Waals surface area (Å²) in [5, 5.41) is 0. The van der Waals surface area contributed by atoms with E-state index in [-0.39, 0.29) is 29.8 Å². The molecule has 0 bridgehead atoms. The number of halogens is 1. The molecule has 1 aliphatic heterocycles. The molecule has 5 nitrogen and oxygen atoms in total. The predicted molar refractivity (Wildman–Crippen MR) is 113 cm³/mol. The van der Waals surface area contributed by atoms with Crippen LogP contribution in [0, 0.1) is 0 Å². The van der Waals surface area contributed by atoms with Crippen molar-refractivity contribution < 1.29 is 42.8 Å². The van der Waals surface area contributed by atoms with Gasteiger partial charge >= 0.3 is 0 Å². The molecule has 2 aromatic carbocycles. The van der Waals surface area contributed by atoms with Crippen molar-refractivity contribution in [3.05, 3.63) is 83.7 Å². The molecular formula is C24H23IN2O3. The van der Waals surface area contributed by atoms with Crippen LogP contribution in [-0.4, -0.2) is 34.1 Å². The number of Topliss-reactive ketones (excluding diaryl/α,β-unsaturated/α-hetero) is 1. The third-order valence-corrected chi connectivity index (χ3v) is 5.13. The largest absolute Gasteiger partial charge is 1.00 e. The Bertz CT molecular complexity index is 1100. The van der Waals surface area contributed by atoms with Crippen molar-refractivity contribution in [3.63, 3.8) is 0 Å². The van der Waals surface area contributed by atoms with Crippen LogP contribution in [0.25, 0.3) is 11.3 Å². The minimum atomic E-state index is 0. The maximum atomic E-state index is 13.5. The number of hydrogen-bond acceptors (Lipinski definition) is 4. The summed E-state index contributed by atoms with van der Waals surface area (Å²) in [6.07, 6.45) is 1.96. The van der Waals surface area contributed by atoms with E-state index in [1.54, 1.807) is 14.2 Å². The molecule has 2 heterocycles. The highest BCUT2D eigenvalue weighted by molar-refractivity contribution is 6.34. The number of benzene rings is 2. The van der Waals surface area contributed by atoms with Crippen LogP contribution in [0.1, 0.15) is 21.6 Å². The minimum absolute atomic E-state index is 0. The first-order valence-corrected chi connectivity index (χ1v) is 9.34. The van der Waals surface area contributed by atoms with Gasteiger partial charge in [-0.25, -0.2) is 0 Å². The highest BCUT2D eigenvalue weighted by Gasteiger charge is 2.40.